The van der Waals surface area contributed by atoms with Crippen molar-refractivity contribution in [2.24, 2.45) is 0 Å². The lowest BCUT2D eigenvalue weighted by Gasteiger charge is -2.28. The second-order valence-corrected chi connectivity index (χ2v) is 7.60. The van der Waals surface area contributed by atoms with E-state index in [1.54, 1.807) is 48.5 Å². The maximum Gasteiger partial charge on any atom is 0.270 e. The molecule has 3 aromatic carbocycles. The Bertz CT molecular complexity index is 1160. The van der Waals surface area contributed by atoms with Gasteiger partial charge < -0.3 is 4.74 Å². The fourth-order valence-corrected chi connectivity index (χ4v) is 3.46. The highest BCUT2D eigenvalue weighted by Crippen LogP contribution is 2.24. The van der Waals surface area contributed by atoms with Crippen LogP contribution in [0.5, 0.6) is 5.75 Å². The number of nitrogens with zero attached hydrogens (tertiary/aromatic N) is 1. The Morgan fingerprint density at radius 2 is 1.61 bits per heavy atom. The average molecular weight is 449 g/mol. The lowest BCUT2D eigenvalue weighted by Crippen LogP contribution is -2.54. The van der Waals surface area contributed by atoms with Crippen LogP contribution in [0.2, 0.25) is 5.02 Å². The molecule has 0 spiro atoms. The molecule has 0 atom stereocenters. The number of thiocarbonyl (C=S) groups is 1. The van der Waals surface area contributed by atoms with Crippen LogP contribution in [0, 0.1) is 0 Å². The van der Waals surface area contributed by atoms with Gasteiger partial charge in [0.2, 0.25) is 0 Å². The van der Waals surface area contributed by atoms with Gasteiger partial charge in [0.05, 0.1) is 5.69 Å². The second-order valence-electron chi connectivity index (χ2n) is 6.78. The number of benzene rings is 3. The Balaban J connectivity index is 1.52. The molecule has 0 unspecified atom stereocenters. The topological polar surface area (TPSA) is 58.6 Å². The molecule has 0 aromatic heterocycles. The van der Waals surface area contributed by atoms with Crippen molar-refractivity contribution in [1.29, 1.82) is 0 Å². The van der Waals surface area contributed by atoms with Crippen LogP contribution in [-0.2, 0) is 16.2 Å². The van der Waals surface area contributed by atoms with Crippen LogP contribution >= 0.6 is 23.8 Å². The van der Waals surface area contributed by atoms with Crippen molar-refractivity contribution >= 4 is 52.5 Å². The van der Waals surface area contributed by atoms with E-state index in [9.17, 15) is 9.59 Å². The molecule has 2 amide bonds. The minimum atomic E-state index is -0.537. The van der Waals surface area contributed by atoms with E-state index in [1.165, 1.54) is 11.0 Å². The fourth-order valence-electron chi connectivity index (χ4n) is 3.05. The van der Waals surface area contributed by atoms with Crippen LogP contribution in [0.3, 0.4) is 0 Å². The lowest BCUT2D eigenvalue weighted by atomic mass is 10.1. The van der Waals surface area contributed by atoms with Gasteiger partial charge in [-0.05, 0) is 65.8 Å². The summed E-state index contributed by atoms with van der Waals surface area (Å²) in [5.74, 6) is -0.348. The minimum Gasteiger partial charge on any atom is -0.489 e. The molecule has 154 valence electrons. The number of carbonyl (C=O) groups excluding carboxylic acids is 2. The maximum atomic E-state index is 13.0. The molecule has 0 radical (unpaired) electrons. The Hall–Kier alpha value is -3.48. The Morgan fingerprint density at radius 1 is 0.935 bits per heavy atom. The summed E-state index contributed by atoms with van der Waals surface area (Å²) in [6.07, 6.45) is 1.53. The van der Waals surface area contributed by atoms with Crippen molar-refractivity contribution < 1.29 is 14.3 Å². The van der Waals surface area contributed by atoms with Crippen molar-refractivity contribution in [3.63, 3.8) is 0 Å². The first-order valence-electron chi connectivity index (χ1n) is 9.45. The van der Waals surface area contributed by atoms with Gasteiger partial charge in [0.15, 0.2) is 5.11 Å². The number of hydrogen-bond donors (Lipinski definition) is 1. The number of amides is 2. The van der Waals surface area contributed by atoms with Crippen LogP contribution in [0.1, 0.15) is 11.1 Å². The van der Waals surface area contributed by atoms with E-state index in [1.807, 2.05) is 30.3 Å². The molecule has 7 heteroatoms. The third-order valence-corrected chi connectivity index (χ3v) is 5.16. The molecule has 1 aliphatic heterocycles. The quantitative estimate of drug-likeness (QED) is 0.347. The molecule has 1 N–H and O–H groups in total. The summed E-state index contributed by atoms with van der Waals surface area (Å²) in [4.78, 5) is 26.7. The molecule has 0 saturated carbocycles. The molecule has 4 rings (SSSR count). The van der Waals surface area contributed by atoms with E-state index in [4.69, 9.17) is 28.6 Å². The Labute approximate surface area is 189 Å². The van der Waals surface area contributed by atoms with Crippen molar-refractivity contribution in [2.45, 2.75) is 6.61 Å². The minimum absolute atomic E-state index is 0.0125. The molecule has 0 bridgehead atoms. The molecule has 31 heavy (non-hydrogen) atoms. The van der Waals surface area contributed by atoms with E-state index in [-0.39, 0.29) is 10.7 Å². The van der Waals surface area contributed by atoms with Gasteiger partial charge in [-0.3, -0.25) is 19.8 Å². The Morgan fingerprint density at radius 3 is 2.29 bits per heavy atom. The lowest BCUT2D eigenvalue weighted by molar-refractivity contribution is -0.122. The number of ether oxygens (including phenoxy) is 1. The van der Waals surface area contributed by atoms with Gasteiger partial charge in [-0.1, -0.05) is 54.1 Å². The van der Waals surface area contributed by atoms with Gasteiger partial charge in [0.1, 0.15) is 17.9 Å². The number of nitrogens with one attached hydrogen (secondary N) is 1. The van der Waals surface area contributed by atoms with Gasteiger partial charge in [-0.15, -0.1) is 0 Å². The van der Waals surface area contributed by atoms with E-state index in [0.717, 1.165) is 5.56 Å². The summed E-state index contributed by atoms with van der Waals surface area (Å²) in [6, 6.07) is 23.6. The third-order valence-electron chi connectivity index (χ3n) is 4.63. The first-order valence-corrected chi connectivity index (χ1v) is 10.2. The molecule has 0 aliphatic carbocycles. The summed E-state index contributed by atoms with van der Waals surface area (Å²) < 4.78 is 5.77. The molecule has 1 saturated heterocycles. The van der Waals surface area contributed by atoms with Crippen LogP contribution < -0.4 is 15.0 Å². The monoisotopic (exact) mass is 448 g/mol. The highest BCUT2D eigenvalue weighted by atomic mass is 35.5. The summed E-state index contributed by atoms with van der Waals surface area (Å²) in [5.41, 5.74) is 2.27. The number of anilines is 1. The zero-order chi connectivity index (χ0) is 21.8. The number of rotatable bonds is 5. The van der Waals surface area contributed by atoms with Crippen molar-refractivity contribution in [2.75, 3.05) is 4.90 Å². The standard InChI is InChI=1S/C24H17ClN2O3S/c25-18-8-10-19(11-9-18)27-23(29)21(22(28)26-24(27)31)14-16-6-12-20(13-7-16)30-15-17-4-2-1-3-5-17/h1-14H,15H2,(H,26,28,31)/b21-14-. The molecule has 1 aliphatic rings. The fraction of sp³-hybridized carbons (Fsp3) is 0.0417. The van der Waals surface area contributed by atoms with Crippen LogP contribution in [0.15, 0.2) is 84.4 Å². The highest BCUT2D eigenvalue weighted by Gasteiger charge is 2.34. The summed E-state index contributed by atoms with van der Waals surface area (Å²) in [7, 11) is 0. The molecule has 1 fully saturated rings. The summed E-state index contributed by atoms with van der Waals surface area (Å²) >= 11 is 11.1. The zero-order valence-electron chi connectivity index (χ0n) is 16.2. The molecular formula is C24H17ClN2O3S. The Kier molecular flexibility index (Phi) is 6.11. The average Bonchev–Trinajstić information content (AvgIpc) is 2.78. The molecular weight excluding hydrogens is 432 g/mol. The van der Waals surface area contributed by atoms with Gasteiger partial charge >= 0.3 is 0 Å². The van der Waals surface area contributed by atoms with Gasteiger partial charge in [0, 0.05) is 5.02 Å². The van der Waals surface area contributed by atoms with Crippen LogP contribution in [0.4, 0.5) is 5.69 Å². The van der Waals surface area contributed by atoms with Crippen molar-refractivity contribution in [1.82, 2.24) is 5.32 Å². The SMILES string of the molecule is O=C1NC(=S)N(c2ccc(Cl)cc2)C(=O)/C1=C\c1ccc(OCc2ccccc2)cc1. The van der Waals surface area contributed by atoms with Crippen LogP contribution in [-0.4, -0.2) is 16.9 Å². The molecule has 1 heterocycles. The van der Waals surface area contributed by atoms with Gasteiger partial charge in [-0.25, -0.2) is 0 Å². The van der Waals surface area contributed by atoms with Gasteiger partial charge in [-0.2, -0.15) is 0 Å². The van der Waals surface area contributed by atoms with Crippen LogP contribution in [0.25, 0.3) is 6.08 Å². The maximum absolute atomic E-state index is 13.0. The summed E-state index contributed by atoms with van der Waals surface area (Å²) in [5, 5.41) is 3.13. The van der Waals surface area contributed by atoms with E-state index < -0.39 is 11.8 Å². The van der Waals surface area contributed by atoms with Crippen molar-refractivity contribution in [3.8, 4) is 5.75 Å². The number of carbonyl (C=O) groups is 2. The number of hydrogen-bond acceptors (Lipinski definition) is 4. The van der Waals surface area contributed by atoms with Crippen molar-refractivity contribution in [3.05, 3.63) is 101 Å². The van der Waals surface area contributed by atoms with E-state index >= 15 is 0 Å². The smallest absolute Gasteiger partial charge is 0.270 e. The highest BCUT2D eigenvalue weighted by molar-refractivity contribution is 7.80. The number of halogens is 1. The molecule has 5 nitrogen and oxygen atoms in total. The first kappa shape index (κ1) is 20.8. The predicted molar refractivity (Wildman–Crippen MR) is 125 cm³/mol. The summed E-state index contributed by atoms with van der Waals surface area (Å²) in [6.45, 7) is 0.454. The predicted octanol–water partition coefficient (Wildman–Crippen LogP) is 4.75. The largest absolute Gasteiger partial charge is 0.489 e. The second kappa shape index (κ2) is 9.12. The first-order chi connectivity index (χ1) is 15.0. The van der Waals surface area contributed by atoms with Gasteiger partial charge in [0.25, 0.3) is 11.8 Å². The normalized spacial score (nSPS) is 15.2. The molecule has 3 aromatic rings. The van der Waals surface area contributed by atoms with E-state index in [2.05, 4.69) is 5.32 Å². The zero-order valence-corrected chi connectivity index (χ0v) is 17.8. The van der Waals surface area contributed by atoms with E-state index in [0.29, 0.717) is 28.6 Å². The third kappa shape index (κ3) is 4.82.